The maximum absolute atomic E-state index is 13.2. The molecule has 1 N–H and O–H groups in total. The largest absolute Gasteiger partial charge is 0.486 e. The SMILES string of the molecule is Cc1cccc(-c2cc(Nc3ccnc4c3ncn4OCOCC[Si](C)(C)C)c3c(n2)N(C(=O)OC(C)(C)C)CCO3)n1. The molecule has 4 aromatic heterocycles. The Hall–Kier alpha value is -4.23. The van der Waals surface area contributed by atoms with Crippen LogP contribution in [0.25, 0.3) is 22.6 Å². The van der Waals surface area contributed by atoms with Crippen molar-refractivity contribution in [3.8, 4) is 17.1 Å². The van der Waals surface area contributed by atoms with Crippen LogP contribution in [0.15, 0.2) is 42.9 Å². The van der Waals surface area contributed by atoms with Crippen LogP contribution >= 0.6 is 0 Å². The van der Waals surface area contributed by atoms with Crippen molar-refractivity contribution >= 4 is 42.5 Å². The molecule has 0 radical (unpaired) electrons. The molecule has 0 fully saturated rings. The van der Waals surface area contributed by atoms with Gasteiger partial charge in [0.25, 0.3) is 0 Å². The molecule has 0 aliphatic carbocycles. The Balaban J connectivity index is 1.48. The normalized spacial score (nSPS) is 13.4. The molecule has 0 spiro atoms. The van der Waals surface area contributed by atoms with Crippen molar-refractivity contribution in [3.05, 3.63) is 48.5 Å². The third kappa shape index (κ3) is 7.41. The van der Waals surface area contributed by atoms with Gasteiger partial charge in [0.2, 0.25) is 6.79 Å². The molecular weight excluding hydrogens is 566 g/mol. The van der Waals surface area contributed by atoms with Gasteiger partial charge in [0, 0.05) is 26.6 Å². The number of carbonyl (C=O) groups is 1. The fourth-order valence-corrected chi connectivity index (χ4v) is 5.12. The van der Waals surface area contributed by atoms with E-state index in [1.54, 1.807) is 12.5 Å². The van der Waals surface area contributed by atoms with E-state index in [4.69, 9.17) is 24.0 Å². The minimum absolute atomic E-state index is 0.0916. The number of nitrogens with one attached hydrogen (secondary N) is 1. The van der Waals surface area contributed by atoms with Crippen LogP contribution < -0.4 is 19.8 Å². The number of fused-ring (bicyclic) bond motifs is 2. The van der Waals surface area contributed by atoms with Gasteiger partial charge in [-0.3, -0.25) is 9.88 Å². The van der Waals surface area contributed by atoms with Crippen molar-refractivity contribution in [2.24, 2.45) is 0 Å². The Morgan fingerprint density at radius 2 is 1.91 bits per heavy atom. The lowest BCUT2D eigenvalue weighted by atomic mass is 10.1. The molecule has 5 rings (SSSR count). The van der Waals surface area contributed by atoms with Crippen LogP contribution in [0, 0.1) is 6.92 Å². The maximum atomic E-state index is 13.2. The van der Waals surface area contributed by atoms with Gasteiger partial charge in [0.1, 0.15) is 24.1 Å². The zero-order valence-electron chi connectivity index (χ0n) is 25.8. The Morgan fingerprint density at radius 3 is 2.65 bits per heavy atom. The lowest BCUT2D eigenvalue weighted by molar-refractivity contribution is -0.0525. The van der Waals surface area contributed by atoms with E-state index in [1.807, 2.05) is 58.0 Å². The predicted molar refractivity (Wildman–Crippen MR) is 168 cm³/mol. The molecule has 12 nitrogen and oxygen atoms in total. The number of rotatable bonds is 9. The lowest BCUT2D eigenvalue weighted by Crippen LogP contribution is -2.42. The fraction of sp³-hybridized carbons (Fsp3) is 0.433. The molecule has 1 aliphatic rings. The molecule has 5 heterocycles. The lowest BCUT2D eigenvalue weighted by Gasteiger charge is -2.32. The van der Waals surface area contributed by atoms with Gasteiger partial charge in [-0.1, -0.05) is 25.7 Å². The highest BCUT2D eigenvalue weighted by molar-refractivity contribution is 6.76. The minimum Gasteiger partial charge on any atom is -0.486 e. The molecule has 0 atom stereocenters. The highest BCUT2D eigenvalue weighted by atomic mass is 28.3. The zero-order valence-corrected chi connectivity index (χ0v) is 26.8. The number of imidazole rings is 1. The van der Waals surface area contributed by atoms with Gasteiger partial charge in [-0.15, -0.1) is 4.73 Å². The van der Waals surface area contributed by atoms with Crippen molar-refractivity contribution in [3.63, 3.8) is 0 Å². The third-order valence-electron chi connectivity index (χ3n) is 6.48. The molecule has 0 aromatic carbocycles. The molecule has 0 bridgehead atoms. The van der Waals surface area contributed by atoms with Gasteiger partial charge in [-0.25, -0.2) is 19.7 Å². The Bertz CT molecular complexity index is 1610. The molecule has 0 saturated heterocycles. The van der Waals surface area contributed by atoms with Gasteiger partial charge < -0.3 is 24.4 Å². The quantitative estimate of drug-likeness (QED) is 0.142. The number of amides is 1. The molecule has 228 valence electrons. The highest BCUT2D eigenvalue weighted by Crippen LogP contribution is 2.42. The highest BCUT2D eigenvalue weighted by Gasteiger charge is 2.32. The van der Waals surface area contributed by atoms with Crippen molar-refractivity contribution in [1.29, 1.82) is 0 Å². The molecule has 43 heavy (non-hydrogen) atoms. The second-order valence-corrected chi connectivity index (χ2v) is 18.2. The van der Waals surface area contributed by atoms with E-state index in [0.29, 0.717) is 58.6 Å². The topological polar surface area (TPSA) is 126 Å². The number of nitrogens with zero attached hydrogens (tertiary/aromatic N) is 6. The van der Waals surface area contributed by atoms with Crippen molar-refractivity contribution in [1.82, 2.24) is 24.7 Å². The molecule has 1 aliphatic heterocycles. The van der Waals surface area contributed by atoms with E-state index in [1.165, 1.54) is 9.63 Å². The summed E-state index contributed by atoms with van der Waals surface area (Å²) in [7, 11) is -1.19. The molecule has 4 aromatic rings. The second kappa shape index (κ2) is 12.2. The molecular formula is C30H39N7O5Si. The number of ether oxygens (including phenoxy) is 3. The summed E-state index contributed by atoms with van der Waals surface area (Å²) in [5.74, 6) is 0.767. The summed E-state index contributed by atoms with van der Waals surface area (Å²) in [5.41, 5.74) is 3.78. The van der Waals surface area contributed by atoms with E-state index in [-0.39, 0.29) is 13.4 Å². The Labute approximate surface area is 252 Å². The Kier molecular flexibility index (Phi) is 8.56. The molecule has 0 unspecified atom stereocenters. The van der Waals surface area contributed by atoms with Crippen LogP contribution in [0.3, 0.4) is 0 Å². The number of hydrogen-bond acceptors (Lipinski definition) is 10. The summed E-state index contributed by atoms with van der Waals surface area (Å²) >= 11 is 0. The van der Waals surface area contributed by atoms with E-state index < -0.39 is 19.8 Å². The van der Waals surface area contributed by atoms with Gasteiger partial charge in [0.05, 0.1) is 29.3 Å². The summed E-state index contributed by atoms with van der Waals surface area (Å²) in [5, 5.41) is 3.44. The fourth-order valence-electron chi connectivity index (χ4n) is 4.36. The first-order valence-corrected chi connectivity index (χ1v) is 18.0. The summed E-state index contributed by atoms with van der Waals surface area (Å²) in [6.45, 7) is 15.6. The van der Waals surface area contributed by atoms with Crippen LogP contribution in [0.1, 0.15) is 26.5 Å². The minimum atomic E-state index is -1.19. The van der Waals surface area contributed by atoms with E-state index >= 15 is 0 Å². The number of pyridine rings is 3. The average molecular weight is 606 g/mol. The summed E-state index contributed by atoms with van der Waals surface area (Å²) in [4.78, 5) is 39.0. The average Bonchev–Trinajstić information content (AvgIpc) is 3.35. The smallest absolute Gasteiger partial charge is 0.416 e. The molecule has 13 heteroatoms. The molecule has 1 amide bonds. The van der Waals surface area contributed by atoms with E-state index in [2.05, 4.69) is 39.9 Å². The molecule has 0 saturated carbocycles. The van der Waals surface area contributed by atoms with Gasteiger partial charge in [-0.2, -0.15) is 0 Å². The van der Waals surface area contributed by atoms with E-state index in [0.717, 1.165) is 11.7 Å². The zero-order chi connectivity index (χ0) is 30.8. The monoisotopic (exact) mass is 605 g/mol. The standard InChI is InChI=1S/C30H39N7O5Si/c1-20-9-8-10-21(33-20)23-17-24(26-28(35-23)36(13-14-40-26)29(38)42-30(2,3)4)34-22-11-12-31-27-25(22)32-18-37(27)41-19-39-15-16-43(5,6)7/h8-12,17-18H,13-16,19H2,1-7H3,(H,31,34,35). The summed E-state index contributed by atoms with van der Waals surface area (Å²) in [6, 6.07) is 10.4. The maximum Gasteiger partial charge on any atom is 0.416 e. The van der Waals surface area contributed by atoms with Crippen LogP contribution in [0.2, 0.25) is 25.7 Å². The number of carbonyl (C=O) groups excluding carboxylic acids is 1. The van der Waals surface area contributed by atoms with Gasteiger partial charge in [-0.05, 0) is 58.0 Å². The summed E-state index contributed by atoms with van der Waals surface area (Å²) in [6.07, 6.45) is 2.73. The number of aryl methyl sites for hydroxylation is 1. The first-order valence-electron chi connectivity index (χ1n) is 14.3. The van der Waals surface area contributed by atoms with Crippen LogP contribution in [0.4, 0.5) is 22.0 Å². The number of hydrogen-bond donors (Lipinski definition) is 1. The second-order valence-electron chi connectivity index (χ2n) is 12.5. The van der Waals surface area contributed by atoms with Crippen molar-refractivity contribution in [2.75, 3.05) is 36.8 Å². The van der Waals surface area contributed by atoms with Gasteiger partial charge >= 0.3 is 6.09 Å². The van der Waals surface area contributed by atoms with Gasteiger partial charge in [0.15, 0.2) is 17.2 Å². The predicted octanol–water partition coefficient (Wildman–Crippen LogP) is 5.82. The van der Waals surface area contributed by atoms with Crippen molar-refractivity contribution < 1.29 is 23.8 Å². The van der Waals surface area contributed by atoms with E-state index in [9.17, 15) is 4.79 Å². The third-order valence-corrected chi connectivity index (χ3v) is 8.19. The van der Waals surface area contributed by atoms with Crippen LogP contribution in [-0.4, -0.2) is 71.0 Å². The number of anilines is 3. The van der Waals surface area contributed by atoms with Crippen LogP contribution in [0.5, 0.6) is 5.75 Å². The summed E-state index contributed by atoms with van der Waals surface area (Å²) < 4.78 is 19.0. The van der Waals surface area contributed by atoms with Crippen molar-refractivity contribution in [2.45, 2.75) is 59.0 Å². The number of aromatic nitrogens is 5. The first-order chi connectivity index (χ1) is 20.4. The first kappa shape index (κ1) is 30.2. The van der Waals surface area contributed by atoms with Crippen LogP contribution in [-0.2, 0) is 9.47 Å². The Morgan fingerprint density at radius 1 is 1.09 bits per heavy atom.